The van der Waals surface area contributed by atoms with Gasteiger partial charge in [-0.3, -0.25) is 4.79 Å². The number of carbonyl (C=O) groups is 1. The lowest BCUT2D eigenvalue weighted by atomic mass is 9.69. The van der Waals surface area contributed by atoms with Crippen LogP contribution in [0.15, 0.2) is 24.3 Å². The Morgan fingerprint density at radius 2 is 1.96 bits per heavy atom. The zero-order valence-electron chi connectivity index (χ0n) is 16.9. The molecule has 5 heteroatoms. The van der Waals surface area contributed by atoms with E-state index in [-0.39, 0.29) is 11.5 Å². The summed E-state index contributed by atoms with van der Waals surface area (Å²) in [5, 5.41) is 0.802. The van der Waals surface area contributed by atoms with Gasteiger partial charge >= 0.3 is 0 Å². The predicted molar refractivity (Wildman–Crippen MR) is 110 cm³/mol. The van der Waals surface area contributed by atoms with E-state index in [9.17, 15) is 4.79 Å². The Bertz CT molecular complexity index is 643. The highest BCUT2D eigenvalue weighted by Crippen LogP contribution is 2.43. The Labute approximate surface area is 168 Å². The van der Waals surface area contributed by atoms with Gasteiger partial charge in [-0.05, 0) is 49.3 Å². The number of halogens is 1. The zero-order valence-corrected chi connectivity index (χ0v) is 17.7. The fourth-order valence-electron chi connectivity index (χ4n) is 4.36. The Morgan fingerprint density at radius 1 is 1.26 bits per heavy atom. The number of hydrogen-bond donors (Lipinski definition) is 0. The molecule has 1 amide bonds. The first-order valence-electron chi connectivity index (χ1n) is 10.2. The molecule has 0 N–H and O–H groups in total. The van der Waals surface area contributed by atoms with E-state index < -0.39 is 0 Å². The molecule has 2 atom stereocenters. The van der Waals surface area contributed by atoms with Gasteiger partial charge in [0.2, 0.25) is 5.91 Å². The van der Waals surface area contributed by atoms with Crippen molar-refractivity contribution in [1.29, 1.82) is 0 Å². The molecule has 4 nitrogen and oxygen atoms in total. The minimum Gasteiger partial charge on any atom is -0.378 e. The molecule has 0 spiro atoms. The fraction of sp³-hybridized carbons (Fsp3) is 0.682. The number of amides is 1. The summed E-state index contributed by atoms with van der Waals surface area (Å²) >= 11 is 6.47. The van der Waals surface area contributed by atoms with Crippen LogP contribution < -0.4 is 0 Å². The van der Waals surface area contributed by atoms with Gasteiger partial charge in [0, 0.05) is 44.2 Å². The summed E-state index contributed by atoms with van der Waals surface area (Å²) in [6.45, 7) is 8.73. The van der Waals surface area contributed by atoms with Crippen LogP contribution in [0.3, 0.4) is 0 Å². The zero-order chi connectivity index (χ0) is 19.4. The van der Waals surface area contributed by atoms with Crippen molar-refractivity contribution in [3.63, 3.8) is 0 Å². The summed E-state index contributed by atoms with van der Waals surface area (Å²) in [5.74, 6) is 0.745. The smallest absolute Gasteiger partial charge is 0.223 e. The number of nitrogens with zero attached hydrogens (tertiary/aromatic N) is 2. The lowest BCUT2D eigenvalue weighted by Gasteiger charge is -2.44. The molecule has 3 rings (SSSR count). The van der Waals surface area contributed by atoms with Crippen LogP contribution in [0.5, 0.6) is 0 Å². The normalized spacial score (nSPS) is 27.1. The Balaban J connectivity index is 1.79. The van der Waals surface area contributed by atoms with Crippen LogP contribution in [-0.4, -0.2) is 61.6 Å². The van der Waals surface area contributed by atoms with Crippen LogP contribution >= 0.6 is 11.6 Å². The maximum absolute atomic E-state index is 13.2. The number of carbonyl (C=O) groups excluding carboxylic acids is 1. The molecule has 150 valence electrons. The van der Waals surface area contributed by atoms with Crippen molar-refractivity contribution in [1.82, 2.24) is 9.80 Å². The van der Waals surface area contributed by atoms with E-state index in [1.807, 2.05) is 23.1 Å². The van der Waals surface area contributed by atoms with Gasteiger partial charge in [-0.1, -0.05) is 43.6 Å². The topological polar surface area (TPSA) is 32.8 Å². The van der Waals surface area contributed by atoms with E-state index in [1.165, 1.54) is 0 Å². The summed E-state index contributed by atoms with van der Waals surface area (Å²) in [4.78, 5) is 17.5. The summed E-state index contributed by atoms with van der Waals surface area (Å²) in [6, 6.07) is 8.06. The predicted octanol–water partition coefficient (Wildman–Crippen LogP) is 3.87. The molecule has 0 aromatic heterocycles. The van der Waals surface area contributed by atoms with E-state index in [4.69, 9.17) is 16.3 Å². The average molecular weight is 393 g/mol. The molecule has 2 fully saturated rings. The van der Waals surface area contributed by atoms with Crippen LogP contribution in [0.1, 0.15) is 38.7 Å². The molecule has 2 heterocycles. The summed E-state index contributed by atoms with van der Waals surface area (Å²) < 4.78 is 6.04. The van der Waals surface area contributed by atoms with Crippen molar-refractivity contribution in [2.45, 2.75) is 45.6 Å². The Morgan fingerprint density at radius 3 is 2.63 bits per heavy atom. The first kappa shape index (κ1) is 20.6. The standard InChI is InChI=1S/C22H33ClN2O2/c1-17(2)20-15-22(8-13-27-20,14-18-6-4-5-7-19(18)23)16-21(26)25-11-9-24(3)10-12-25/h4-7,17,20H,8-16H2,1-3H3/t20-,22+/m0/s1. The molecular weight excluding hydrogens is 360 g/mol. The SMILES string of the molecule is CC(C)[C@@H]1C[C@](CC(=O)N2CCN(C)CC2)(Cc2ccccc2Cl)CCO1. The van der Waals surface area contributed by atoms with Gasteiger partial charge in [-0.2, -0.15) is 0 Å². The summed E-state index contributed by atoms with van der Waals surface area (Å²) in [5.41, 5.74) is 1.08. The molecule has 2 saturated heterocycles. The number of hydrogen-bond acceptors (Lipinski definition) is 3. The third kappa shape index (κ3) is 5.24. The summed E-state index contributed by atoms with van der Waals surface area (Å²) in [6.07, 6.45) is 3.49. The van der Waals surface area contributed by atoms with Crippen LogP contribution in [0, 0.1) is 11.3 Å². The average Bonchev–Trinajstić information content (AvgIpc) is 2.64. The highest BCUT2D eigenvalue weighted by atomic mass is 35.5. The molecule has 2 aliphatic heterocycles. The largest absolute Gasteiger partial charge is 0.378 e. The van der Waals surface area contributed by atoms with Crippen molar-refractivity contribution < 1.29 is 9.53 Å². The first-order chi connectivity index (χ1) is 12.9. The summed E-state index contributed by atoms with van der Waals surface area (Å²) in [7, 11) is 2.12. The quantitative estimate of drug-likeness (QED) is 0.762. The van der Waals surface area contributed by atoms with Gasteiger partial charge in [0.15, 0.2) is 0 Å². The lowest BCUT2D eigenvalue weighted by Crippen LogP contribution is -2.49. The number of rotatable bonds is 5. The van der Waals surface area contributed by atoms with Crippen LogP contribution in [-0.2, 0) is 16.0 Å². The van der Waals surface area contributed by atoms with E-state index in [2.05, 4.69) is 31.9 Å². The van der Waals surface area contributed by atoms with Crippen LogP contribution in [0.4, 0.5) is 0 Å². The van der Waals surface area contributed by atoms with Gasteiger partial charge in [-0.15, -0.1) is 0 Å². The van der Waals surface area contributed by atoms with Gasteiger partial charge < -0.3 is 14.5 Å². The van der Waals surface area contributed by atoms with Gasteiger partial charge in [-0.25, -0.2) is 0 Å². The Hall–Kier alpha value is -1.10. The molecule has 0 unspecified atom stereocenters. The minimum atomic E-state index is -0.0708. The second-order valence-electron chi connectivity index (χ2n) is 8.74. The van der Waals surface area contributed by atoms with E-state index >= 15 is 0 Å². The molecule has 0 bridgehead atoms. The highest BCUT2D eigenvalue weighted by Gasteiger charge is 2.41. The van der Waals surface area contributed by atoms with Crippen molar-refractivity contribution in [2.75, 3.05) is 39.8 Å². The van der Waals surface area contributed by atoms with Crippen LogP contribution in [0.2, 0.25) is 5.02 Å². The number of likely N-dealkylation sites (N-methyl/N-ethyl adjacent to an activating group) is 1. The maximum atomic E-state index is 13.2. The van der Waals surface area contributed by atoms with E-state index in [1.54, 1.807) is 0 Å². The van der Waals surface area contributed by atoms with Crippen molar-refractivity contribution in [2.24, 2.45) is 11.3 Å². The number of piperazine rings is 1. The second-order valence-corrected chi connectivity index (χ2v) is 9.14. The van der Waals surface area contributed by atoms with Crippen molar-refractivity contribution in [3.8, 4) is 0 Å². The monoisotopic (exact) mass is 392 g/mol. The first-order valence-corrected chi connectivity index (χ1v) is 10.6. The molecule has 0 saturated carbocycles. The van der Waals surface area contributed by atoms with Gasteiger partial charge in [0.05, 0.1) is 6.10 Å². The van der Waals surface area contributed by atoms with Crippen molar-refractivity contribution >= 4 is 17.5 Å². The lowest BCUT2D eigenvalue weighted by molar-refractivity contribution is -0.139. The second kappa shape index (κ2) is 8.93. The van der Waals surface area contributed by atoms with Crippen molar-refractivity contribution in [3.05, 3.63) is 34.9 Å². The minimum absolute atomic E-state index is 0.0708. The number of ether oxygens (including phenoxy) is 1. The van der Waals surface area contributed by atoms with Crippen LogP contribution in [0.25, 0.3) is 0 Å². The fourth-order valence-corrected chi connectivity index (χ4v) is 4.56. The third-order valence-electron chi connectivity index (χ3n) is 6.25. The maximum Gasteiger partial charge on any atom is 0.223 e. The molecule has 1 aromatic carbocycles. The number of benzene rings is 1. The van der Waals surface area contributed by atoms with E-state index in [0.717, 1.165) is 62.6 Å². The Kier molecular flexibility index (Phi) is 6.83. The highest BCUT2D eigenvalue weighted by molar-refractivity contribution is 6.31. The molecule has 2 aliphatic rings. The molecule has 0 radical (unpaired) electrons. The molecule has 1 aromatic rings. The molecule has 27 heavy (non-hydrogen) atoms. The van der Waals surface area contributed by atoms with Gasteiger partial charge in [0.1, 0.15) is 0 Å². The third-order valence-corrected chi connectivity index (χ3v) is 6.62. The van der Waals surface area contributed by atoms with Gasteiger partial charge in [0.25, 0.3) is 0 Å². The molecule has 0 aliphatic carbocycles. The van der Waals surface area contributed by atoms with E-state index in [0.29, 0.717) is 18.2 Å². The molecular formula is C22H33ClN2O2.